The van der Waals surface area contributed by atoms with Gasteiger partial charge in [0.1, 0.15) is 0 Å². The molecule has 0 radical (unpaired) electrons. The van der Waals surface area contributed by atoms with Crippen LogP contribution in [0.4, 0.5) is 0 Å². The number of carbonyl (C=O) groups excluding carboxylic acids is 1. The number of nitrogens with zero attached hydrogens (tertiary/aromatic N) is 1. The Labute approximate surface area is 80.4 Å². The first-order valence-corrected chi connectivity index (χ1v) is 4.53. The van der Waals surface area contributed by atoms with E-state index in [-0.39, 0.29) is 12.2 Å². The Morgan fingerprint density at radius 3 is 2.46 bits per heavy atom. The Bertz CT molecular complexity index is 197. The van der Waals surface area contributed by atoms with Crippen molar-refractivity contribution in [1.29, 1.82) is 0 Å². The fraction of sp³-hybridized carbons (Fsp3) is 0.700. The van der Waals surface area contributed by atoms with E-state index in [2.05, 4.69) is 0 Å². The van der Waals surface area contributed by atoms with Crippen LogP contribution in [0.3, 0.4) is 0 Å². The molecule has 0 spiro atoms. The first-order valence-electron chi connectivity index (χ1n) is 4.53. The second-order valence-corrected chi connectivity index (χ2v) is 3.26. The number of ether oxygens (including phenoxy) is 1. The first kappa shape index (κ1) is 12.2. The highest BCUT2D eigenvalue weighted by Crippen LogP contribution is 2.02. The molecule has 3 heteroatoms. The molecular formula is C10H19NO2. The zero-order chi connectivity index (χ0) is 10.4. The quantitative estimate of drug-likeness (QED) is 0.380. The van der Waals surface area contributed by atoms with E-state index in [1.54, 1.807) is 6.92 Å². The molecule has 0 amide bonds. The lowest BCUT2D eigenvalue weighted by Crippen LogP contribution is -2.30. The summed E-state index contributed by atoms with van der Waals surface area (Å²) in [6.45, 7) is 5.61. The van der Waals surface area contributed by atoms with E-state index >= 15 is 0 Å². The molecule has 13 heavy (non-hydrogen) atoms. The summed E-state index contributed by atoms with van der Waals surface area (Å²) in [7, 11) is 3.74. The molecule has 0 aromatic heterocycles. The highest BCUT2D eigenvalue weighted by atomic mass is 16.6. The lowest BCUT2D eigenvalue weighted by atomic mass is 10.2. The summed E-state index contributed by atoms with van der Waals surface area (Å²) in [5.41, 5.74) is 0.677. The van der Waals surface area contributed by atoms with Crippen LogP contribution in [-0.2, 0) is 9.53 Å². The molecule has 1 unspecified atom stereocenters. The monoisotopic (exact) mass is 185 g/mol. The lowest BCUT2D eigenvalue weighted by Gasteiger charge is -2.19. The van der Waals surface area contributed by atoms with Crippen LogP contribution in [0.2, 0.25) is 0 Å². The van der Waals surface area contributed by atoms with E-state index < -0.39 is 0 Å². The third-order valence-electron chi connectivity index (χ3n) is 1.84. The Balaban J connectivity index is 4.08. The molecule has 0 aliphatic heterocycles. The highest BCUT2D eigenvalue weighted by molar-refractivity contribution is 5.87. The normalized spacial score (nSPS) is 14.5. The van der Waals surface area contributed by atoms with Gasteiger partial charge < -0.3 is 4.74 Å². The molecule has 0 aliphatic rings. The van der Waals surface area contributed by atoms with Gasteiger partial charge in [0.15, 0.2) is 6.23 Å². The van der Waals surface area contributed by atoms with Crippen molar-refractivity contribution in [1.82, 2.24) is 4.90 Å². The predicted molar refractivity (Wildman–Crippen MR) is 53.3 cm³/mol. The van der Waals surface area contributed by atoms with E-state index in [1.165, 1.54) is 0 Å². The maximum absolute atomic E-state index is 11.3. The van der Waals surface area contributed by atoms with Crippen molar-refractivity contribution in [3.8, 4) is 0 Å². The minimum atomic E-state index is -0.233. The average molecular weight is 185 g/mol. The van der Waals surface area contributed by atoms with Gasteiger partial charge in [-0.2, -0.15) is 0 Å². The van der Waals surface area contributed by atoms with Gasteiger partial charge in [-0.05, 0) is 34.4 Å². The van der Waals surface area contributed by atoms with Crippen LogP contribution in [0, 0.1) is 0 Å². The molecule has 0 aromatic rings. The van der Waals surface area contributed by atoms with Crippen LogP contribution < -0.4 is 0 Å². The second-order valence-electron chi connectivity index (χ2n) is 3.26. The third-order valence-corrected chi connectivity index (χ3v) is 1.84. The van der Waals surface area contributed by atoms with Gasteiger partial charge in [0.2, 0.25) is 0 Å². The second kappa shape index (κ2) is 5.75. The minimum absolute atomic E-state index is 0.173. The zero-order valence-electron chi connectivity index (χ0n) is 9.13. The van der Waals surface area contributed by atoms with E-state index in [1.807, 2.05) is 38.9 Å². The molecule has 0 aliphatic carbocycles. The Hall–Kier alpha value is -0.830. The van der Waals surface area contributed by atoms with Crippen molar-refractivity contribution in [3.05, 3.63) is 11.6 Å². The van der Waals surface area contributed by atoms with Crippen molar-refractivity contribution >= 4 is 5.97 Å². The standard InChI is InChI=1S/C10H19NO2/c1-6-7-8(2)10(12)13-9(3)11(4)5/h7,9H,6H2,1-5H3. The van der Waals surface area contributed by atoms with Gasteiger partial charge in [-0.15, -0.1) is 0 Å². The zero-order valence-corrected chi connectivity index (χ0v) is 9.13. The number of esters is 1. The SMILES string of the molecule is CCC=C(C)C(=O)OC(C)N(C)C. The van der Waals surface area contributed by atoms with E-state index in [0.717, 1.165) is 6.42 Å². The molecule has 3 nitrogen and oxygen atoms in total. The smallest absolute Gasteiger partial charge is 0.334 e. The van der Waals surface area contributed by atoms with Crippen LogP contribution in [-0.4, -0.2) is 31.2 Å². The molecule has 0 saturated heterocycles. The summed E-state index contributed by atoms with van der Waals surface area (Å²) in [5.74, 6) is -0.233. The molecule has 0 N–H and O–H groups in total. The van der Waals surface area contributed by atoms with Crippen LogP contribution in [0.5, 0.6) is 0 Å². The molecule has 0 heterocycles. The predicted octanol–water partition coefficient (Wildman–Crippen LogP) is 1.79. The van der Waals surface area contributed by atoms with Crippen LogP contribution >= 0.6 is 0 Å². The summed E-state index contributed by atoms with van der Waals surface area (Å²) in [4.78, 5) is 13.2. The Kier molecular flexibility index (Phi) is 5.39. The Morgan fingerprint density at radius 1 is 1.54 bits per heavy atom. The van der Waals surface area contributed by atoms with Crippen molar-refractivity contribution in [2.75, 3.05) is 14.1 Å². The van der Waals surface area contributed by atoms with Crippen molar-refractivity contribution < 1.29 is 9.53 Å². The number of allylic oxidation sites excluding steroid dienone is 1. The fourth-order valence-corrected chi connectivity index (χ4v) is 0.743. The summed E-state index contributed by atoms with van der Waals surface area (Å²) in [5, 5.41) is 0. The van der Waals surface area contributed by atoms with Crippen molar-refractivity contribution in [3.63, 3.8) is 0 Å². The molecule has 76 valence electrons. The molecule has 0 rings (SSSR count). The van der Waals surface area contributed by atoms with Gasteiger partial charge in [-0.3, -0.25) is 4.90 Å². The van der Waals surface area contributed by atoms with Gasteiger partial charge >= 0.3 is 5.97 Å². The van der Waals surface area contributed by atoms with Crippen molar-refractivity contribution in [2.24, 2.45) is 0 Å². The largest absolute Gasteiger partial charge is 0.443 e. The number of rotatable bonds is 4. The van der Waals surface area contributed by atoms with E-state index in [0.29, 0.717) is 5.57 Å². The summed E-state index contributed by atoms with van der Waals surface area (Å²) in [6, 6.07) is 0. The fourth-order valence-electron chi connectivity index (χ4n) is 0.743. The van der Waals surface area contributed by atoms with Crippen LogP contribution in [0.25, 0.3) is 0 Å². The third kappa shape index (κ3) is 4.68. The maximum atomic E-state index is 11.3. The Morgan fingerprint density at radius 2 is 2.08 bits per heavy atom. The molecule has 0 saturated carbocycles. The van der Waals surface area contributed by atoms with E-state index in [9.17, 15) is 4.79 Å². The molecular weight excluding hydrogens is 166 g/mol. The van der Waals surface area contributed by atoms with E-state index in [4.69, 9.17) is 4.74 Å². The minimum Gasteiger partial charge on any atom is -0.443 e. The van der Waals surface area contributed by atoms with Crippen LogP contribution in [0.15, 0.2) is 11.6 Å². The summed E-state index contributed by atoms with van der Waals surface area (Å²) < 4.78 is 5.14. The molecule has 0 bridgehead atoms. The number of hydrogen-bond donors (Lipinski definition) is 0. The van der Waals surface area contributed by atoms with Gasteiger partial charge in [0.05, 0.1) is 0 Å². The molecule has 1 atom stereocenters. The van der Waals surface area contributed by atoms with Gasteiger partial charge in [-0.1, -0.05) is 13.0 Å². The van der Waals surface area contributed by atoms with Crippen molar-refractivity contribution in [2.45, 2.75) is 33.4 Å². The summed E-state index contributed by atoms with van der Waals surface area (Å²) in [6.07, 6.45) is 2.55. The molecule has 0 fully saturated rings. The number of carbonyl (C=O) groups is 1. The van der Waals surface area contributed by atoms with Gasteiger partial charge in [0.25, 0.3) is 0 Å². The number of hydrogen-bond acceptors (Lipinski definition) is 3. The van der Waals surface area contributed by atoms with Crippen LogP contribution in [0.1, 0.15) is 27.2 Å². The van der Waals surface area contributed by atoms with Gasteiger partial charge in [0, 0.05) is 5.57 Å². The summed E-state index contributed by atoms with van der Waals surface area (Å²) >= 11 is 0. The average Bonchev–Trinajstić information content (AvgIpc) is 2.04. The lowest BCUT2D eigenvalue weighted by molar-refractivity contribution is -0.150. The highest BCUT2D eigenvalue weighted by Gasteiger charge is 2.11. The maximum Gasteiger partial charge on any atom is 0.334 e. The first-order chi connectivity index (χ1) is 5.99. The molecule has 0 aromatic carbocycles. The topological polar surface area (TPSA) is 29.5 Å². The van der Waals surface area contributed by atoms with Gasteiger partial charge in [-0.25, -0.2) is 4.79 Å².